The smallest absolute Gasteiger partial charge is 0.350 e. The normalized spacial score (nSPS) is 14.8. The van der Waals surface area contributed by atoms with E-state index >= 15 is 0 Å². The van der Waals surface area contributed by atoms with E-state index in [2.05, 4.69) is 33.1 Å². The summed E-state index contributed by atoms with van der Waals surface area (Å²) < 4.78 is 8.36. The number of hydrogen-bond acceptors (Lipinski definition) is 6. The average molecular weight is 433 g/mol. The van der Waals surface area contributed by atoms with E-state index in [4.69, 9.17) is 4.74 Å². The molecule has 0 amide bonds. The molecule has 1 saturated heterocycles. The van der Waals surface area contributed by atoms with Gasteiger partial charge in [-0.05, 0) is 55.8 Å². The van der Waals surface area contributed by atoms with Gasteiger partial charge in [0, 0.05) is 37.6 Å². The van der Waals surface area contributed by atoms with Crippen LogP contribution in [0.3, 0.4) is 0 Å². The van der Waals surface area contributed by atoms with Gasteiger partial charge in [-0.2, -0.15) is 10.4 Å². The summed E-state index contributed by atoms with van der Waals surface area (Å²) in [5, 5.41) is 13.6. The van der Waals surface area contributed by atoms with Gasteiger partial charge in [0.2, 0.25) is 0 Å². The highest BCUT2D eigenvalue weighted by molar-refractivity contribution is 5.59. The van der Waals surface area contributed by atoms with Gasteiger partial charge in [0.15, 0.2) is 0 Å². The summed E-state index contributed by atoms with van der Waals surface area (Å²) in [6.45, 7) is 7.51. The molecule has 1 aliphatic rings. The highest BCUT2D eigenvalue weighted by Gasteiger charge is 2.19. The molecule has 1 aliphatic heterocycles. The fourth-order valence-corrected chi connectivity index (χ4v) is 4.00. The summed E-state index contributed by atoms with van der Waals surface area (Å²) in [5.41, 5.74) is 3.42. The third-order valence-electron chi connectivity index (χ3n) is 6.14. The van der Waals surface area contributed by atoms with Crippen molar-refractivity contribution >= 4 is 11.4 Å². The molecule has 1 unspecified atom stereocenters. The van der Waals surface area contributed by atoms with E-state index in [0.717, 1.165) is 49.7 Å². The predicted octanol–water partition coefficient (Wildman–Crippen LogP) is 3.21. The summed E-state index contributed by atoms with van der Waals surface area (Å²) >= 11 is 0. The first-order chi connectivity index (χ1) is 15.5. The van der Waals surface area contributed by atoms with Gasteiger partial charge in [-0.3, -0.25) is 0 Å². The quantitative estimate of drug-likeness (QED) is 0.595. The molecule has 0 radical (unpaired) electrons. The first-order valence-corrected chi connectivity index (χ1v) is 10.9. The average Bonchev–Trinajstić information content (AvgIpc) is 3.24. The SMILES string of the molecule is CCC(C)n1ncn(-c2ccc(N3CCN(c4ccc(OC)c(C#N)c4)CC3)cc2)c1=O. The van der Waals surface area contributed by atoms with E-state index in [1.165, 1.54) is 4.68 Å². The molecule has 8 heteroatoms. The maximum Gasteiger partial charge on any atom is 0.350 e. The van der Waals surface area contributed by atoms with Crippen molar-refractivity contribution in [1.82, 2.24) is 14.3 Å². The monoisotopic (exact) mass is 432 g/mol. The summed E-state index contributed by atoms with van der Waals surface area (Å²) in [5.74, 6) is 0.601. The van der Waals surface area contributed by atoms with Gasteiger partial charge in [0.1, 0.15) is 18.1 Å². The second-order valence-electron chi connectivity index (χ2n) is 7.97. The number of rotatable bonds is 6. The fraction of sp³-hybridized carbons (Fsp3) is 0.375. The maximum absolute atomic E-state index is 12.6. The first-order valence-electron chi connectivity index (χ1n) is 10.9. The lowest BCUT2D eigenvalue weighted by Gasteiger charge is -2.37. The Labute approximate surface area is 187 Å². The summed E-state index contributed by atoms with van der Waals surface area (Å²) in [7, 11) is 1.58. The van der Waals surface area contributed by atoms with Crippen molar-refractivity contribution in [2.24, 2.45) is 0 Å². The zero-order valence-electron chi connectivity index (χ0n) is 18.7. The largest absolute Gasteiger partial charge is 0.495 e. The number of nitriles is 1. The van der Waals surface area contributed by atoms with Crippen LogP contribution in [0, 0.1) is 11.3 Å². The van der Waals surface area contributed by atoms with E-state index in [1.807, 2.05) is 44.2 Å². The van der Waals surface area contributed by atoms with E-state index in [1.54, 1.807) is 18.0 Å². The highest BCUT2D eigenvalue weighted by atomic mass is 16.5. The number of hydrogen-bond donors (Lipinski definition) is 0. The van der Waals surface area contributed by atoms with Gasteiger partial charge >= 0.3 is 5.69 Å². The van der Waals surface area contributed by atoms with E-state index in [0.29, 0.717) is 11.3 Å². The number of methoxy groups -OCH3 is 1. The van der Waals surface area contributed by atoms with Crippen LogP contribution in [0.1, 0.15) is 31.9 Å². The Hall–Kier alpha value is -3.73. The molecular formula is C24H28N6O2. The lowest BCUT2D eigenvalue weighted by atomic mass is 10.1. The molecule has 2 aromatic carbocycles. The van der Waals surface area contributed by atoms with Crippen LogP contribution >= 0.6 is 0 Å². The first kappa shape index (κ1) is 21.5. The molecule has 1 aromatic heterocycles. The van der Waals surface area contributed by atoms with Gasteiger partial charge in [0.25, 0.3) is 0 Å². The number of nitrogens with zero attached hydrogens (tertiary/aromatic N) is 6. The van der Waals surface area contributed by atoms with Crippen LogP contribution in [0.15, 0.2) is 53.6 Å². The van der Waals surface area contributed by atoms with Crippen molar-refractivity contribution in [1.29, 1.82) is 5.26 Å². The van der Waals surface area contributed by atoms with Gasteiger partial charge in [0.05, 0.1) is 24.4 Å². The minimum Gasteiger partial charge on any atom is -0.495 e. The second-order valence-corrected chi connectivity index (χ2v) is 7.97. The van der Waals surface area contributed by atoms with Crippen LogP contribution in [0.25, 0.3) is 5.69 Å². The second kappa shape index (κ2) is 9.18. The third kappa shape index (κ3) is 4.06. The van der Waals surface area contributed by atoms with Gasteiger partial charge in [-0.15, -0.1) is 0 Å². The van der Waals surface area contributed by atoms with Crippen LogP contribution < -0.4 is 20.2 Å². The highest BCUT2D eigenvalue weighted by Crippen LogP contribution is 2.26. The molecule has 0 aliphatic carbocycles. The Morgan fingerprint density at radius 2 is 1.62 bits per heavy atom. The maximum atomic E-state index is 12.6. The molecule has 0 bridgehead atoms. The molecule has 8 nitrogen and oxygen atoms in total. The Morgan fingerprint density at radius 1 is 1.03 bits per heavy atom. The zero-order chi connectivity index (χ0) is 22.7. The molecule has 0 N–H and O–H groups in total. The molecular weight excluding hydrogens is 404 g/mol. The van der Waals surface area contributed by atoms with Crippen LogP contribution in [-0.4, -0.2) is 47.6 Å². The standard InChI is InChI=1S/C24H28N6O2/c1-4-18(2)30-24(31)29(17-26-30)21-7-5-20(6-8-21)27-11-13-28(14-12-27)22-9-10-23(32-3)19(15-22)16-25/h5-10,15,17-18H,4,11-14H2,1-3H3. The lowest BCUT2D eigenvalue weighted by Crippen LogP contribution is -2.46. The molecule has 0 spiro atoms. The molecule has 4 rings (SSSR count). The minimum atomic E-state index is -0.114. The summed E-state index contributed by atoms with van der Waals surface area (Å²) in [4.78, 5) is 17.3. The summed E-state index contributed by atoms with van der Waals surface area (Å²) in [6.07, 6.45) is 2.45. The van der Waals surface area contributed by atoms with Crippen molar-refractivity contribution in [3.63, 3.8) is 0 Å². The van der Waals surface area contributed by atoms with Gasteiger partial charge in [-0.25, -0.2) is 14.0 Å². The van der Waals surface area contributed by atoms with Crippen LogP contribution in [-0.2, 0) is 0 Å². The lowest BCUT2D eigenvalue weighted by molar-refractivity contribution is 0.413. The van der Waals surface area contributed by atoms with Crippen molar-refractivity contribution in [3.05, 3.63) is 64.8 Å². The van der Waals surface area contributed by atoms with Crippen molar-refractivity contribution < 1.29 is 4.74 Å². The van der Waals surface area contributed by atoms with Crippen molar-refractivity contribution in [2.45, 2.75) is 26.3 Å². The predicted molar refractivity (Wildman–Crippen MR) is 125 cm³/mol. The van der Waals surface area contributed by atoms with Crippen LogP contribution in [0.2, 0.25) is 0 Å². The molecule has 1 fully saturated rings. The van der Waals surface area contributed by atoms with Gasteiger partial charge in [-0.1, -0.05) is 6.92 Å². The molecule has 32 heavy (non-hydrogen) atoms. The Morgan fingerprint density at radius 3 is 2.22 bits per heavy atom. The number of aromatic nitrogens is 3. The Bertz CT molecular complexity index is 1170. The molecule has 166 valence electrons. The van der Waals surface area contributed by atoms with E-state index in [-0.39, 0.29) is 11.7 Å². The van der Waals surface area contributed by atoms with Crippen LogP contribution in [0.4, 0.5) is 11.4 Å². The van der Waals surface area contributed by atoms with Crippen molar-refractivity contribution in [3.8, 4) is 17.5 Å². The zero-order valence-corrected chi connectivity index (χ0v) is 18.7. The Kier molecular flexibility index (Phi) is 6.17. The Balaban J connectivity index is 1.43. The number of piperazine rings is 1. The fourth-order valence-electron chi connectivity index (χ4n) is 4.00. The number of benzene rings is 2. The van der Waals surface area contributed by atoms with E-state index in [9.17, 15) is 10.1 Å². The molecule has 1 atom stereocenters. The number of ether oxygens (including phenoxy) is 1. The molecule has 0 saturated carbocycles. The molecule has 2 heterocycles. The number of anilines is 2. The third-order valence-corrected chi connectivity index (χ3v) is 6.14. The van der Waals surface area contributed by atoms with Gasteiger partial charge < -0.3 is 14.5 Å². The minimum absolute atomic E-state index is 0.0780. The summed E-state index contributed by atoms with van der Waals surface area (Å²) in [6, 6.07) is 16.1. The van der Waals surface area contributed by atoms with E-state index < -0.39 is 0 Å². The van der Waals surface area contributed by atoms with Crippen LogP contribution in [0.5, 0.6) is 5.75 Å². The van der Waals surface area contributed by atoms with Crippen molar-refractivity contribution in [2.75, 3.05) is 43.1 Å². The topological polar surface area (TPSA) is 79.3 Å². The molecule has 3 aromatic rings.